The molecule has 6 rings (SSSR count). The van der Waals surface area contributed by atoms with E-state index >= 15 is 0 Å². The maximum Gasteiger partial charge on any atom is 2.00 e. The molecule has 45 heavy (non-hydrogen) atoms. The molecule has 0 saturated heterocycles. The first-order valence-electron chi connectivity index (χ1n) is 16.1. The molecule has 6 aromatic carbocycles. The van der Waals surface area contributed by atoms with Gasteiger partial charge in [-0.15, -0.1) is 102 Å². The number of fused-ring (bicyclic) bond motifs is 3. The topological polar surface area (TPSA) is 0 Å². The Morgan fingerprint density at radius 3 is 0.889 bits per heavy atom. The third kappa shape index (κ3) is 9.97. The van der Waals surface area contributed by atoms with Crippen LogP contribution in [0.2, 0.25) is 0 Å². The Hall–Kier alpha value is -2.05. The Morgan fingerprint density at radius 1 is 0.422 bits per heavy atom. The Balaban J connectivity index is 0.000000327. The maximum absolute atomic E-state index is 2.31. The monoisotopic (exact) mass is 715 g/mol. The molecule has 6 aromatic rings. The van der Waals surface area contributed by atoms with Crippen LogP contribution in [-0.2, 0) is 45.5 Å². The van der Waals surface area contributed by atoms with Crippen LogP contribution in [0.1, 0.15) is 90.1 Å². The van der Waals surface area contributed by atoms with Crippen molar-refractivity contribution in [2.24, 2.45) is 0 Å². The SMILES string of the molecule is CCCc1ccc(C)c2[cH-]c(C)cc12.CCCc1ccc(C)c2[cH-]c(C)cc12.CCCc1ccc(C)c2[cH-]c(C)cc12.[Cl-].[Cl-].[Zr+2]. The van der Waals surface area contributed by atoms with Gasteiger partial charge < -0.3 is 24.8 Å². The summed E-state index contributed by atoms with van der Waals surface area (Å²) >= 11 is 0. The summed E-state index contributed by atoms with van der Waals surface area (Å²) in [6.45, 7) is 19.8. The fourth-order valence-electron chi connectivity index (χ4n) is 6.41. The van der Waals surface area contributed by atoms with Crippen LogP contribution in [0.5, 0.6) is 0 Å². The summed E-state index contributed by atoms with van der Waals surface area (Å²) in [6, 6.07) is 27.4. The first-order chi connectivity index (χ1) is 20.2. The van der Waals surface area contributed by atoms with Gasteiger partial charge in [0.2, 0.25) is 0 Å². The summed E-state index contributed by atoms with van der Waals surface area (Å²) in [4.78, 5) is 0. The first-order valence-corrected chi connectivity index (χ1v) is 16.1. The molecular formula is C42H51Cl2Zr-3. The Labute approximate surface area is 305 Å². The molecule has 0 aromatic heterocycles. The van der Waals surface area contributed by atoms with Gasteiger partial charge in [-0.2, -0.15) is 18.2 Å². The molecule has 0 atom stereocenters. The molecule has 0 amide bonds. The molecule has 0 N–H and O–H groups in total. The van der Waals surface area contributed by atoms with Crippen LogP contribution in [-0.4, -0.2) is 0 Å². The van der Waals surface area contributed by atoms with Crippen molar-refractivity contribution < 1.29 is 51.0 Å². The molecule has 0 heterocycles. The smallest absolute Gasteiger partial charge is 1.00 e. The van der Waals surface area contributed by atoms with E-state index in [0.29, 0.717) is 0 Å². The summed E-state index contributed by atoms with van der Waals surface area (Å²) in [7, 11) is 0. The minimum atomic E-state index is 0. The van der Waals surface area contributed by atoms with Gasteiger partial charge in [0.1, 0.15) is 0 Å². The van der Waals surface area contributed by atoms with E-state index in [4.69, 9.17) is 0 Å². The standard InChI is InChI=1S/3C14H17.2ClH.Zr/c3*1-4-5-12-7-6-11(3)13-8-10(2)9-14(12)13;;;/h3*6-9H,4-5H2,1-3H3;2*1H;/q3*-1;;;+2/p-2. The number of hydrogen-bond acceptors (Lipinski definition) is 0. The summed E-state index contributed by atoms with van der Waals surface area (Å²) in [6.07, 6.45) is 7.26. The average molecular weight is 718 g/mol. The van der Waals surface area contributed by atoms with E-state index in [9.17, 15) is 0 Å². The second-order valence-corrected chi connectivity index (χ2v) is 12.5. The minimum Gasteiger partial charge on any atom is -1.00 e. The van der Waals surface area contributed by atoms with Crippen LogP contribution < -0.4 is 24.8 Å². The maximum atomic E-state index is 2.31. The van der Waals surface area contributed by atoms with Gasteiger partial charge in [0.05, 0.1) is 0 Å². The van der Waals surface area contributed by atoms with Crippen LogP contribution in [0.4, 0.5) is 0 Å². The largest absolute Gasteiger partial charge is 2.00 e. The van der Waals surface area contributed by atoms with Crippen molar-refractivity contribution in [3.05, 3.63) is 123 Å². The van der Waals surface area contributed by atoms with Crippen molar-refractivity contribution in [1.29, 1.82) is 0 Å². The number of rotatable bonds is 6. The number of aryl methyl sites for hydroxylation is 9. The summed E-state index contributed by atoms with van der Waals surface area (Å²) < 4.78 is 0. The predicted molar refractivity (Wildman–Crippen MR) is 189 cm³/mol. The van der Waals surface area contributed by atoms with Crippen LogP contribution in [0, 0.1) is 41.5 Å². The Morgan fingerprint density at radius 2 is 0.667 bits per heavy atom. The third-order valence-electron chi connectivity index (χ3n) is 8.58. The molecule has 0 aliphatic rings. The molecule has 0 aliphatic heterocycles. The van der Waals surface area contributed by atoms with Crippen LogP contribution in [0.15, 0.2) is 72.8 Å². The Kier molecular flexibility index (Phi) is 17.2. The fourth-order valence-corrected chi connectivity index (χ4v) is 6.41. The molecular weight excluding hydrogens is 667 g/mol. The second-order valence-electron chi connectivity index (χ2n) is 12.5. The molecule has 0 spiro atoms. The molecule has 0 unspecified atom stereocenters. The summed E-state index contributed by atoms with van der Waals surface area (Å²) in [5, 5.41) is 8.70. The Bertz CT molecular complexity index is 1570. The van der Waals surface area contributed by atoms with E-state index in [2.05, 4.69) is 135 Å². The van der Waals surface area contributed by atoms with Gasteiger partial charge in [-0.05, 0) is 19.3 Å². The van der Waals surface area contributed by atoms with Crippen molar-refractivity contribution in [1.82, 2.24) is 0 Å². The van der Waals surface area contributed by atoms with E-state index in [0.717, 1.165) is 0 Å². The van der Waals surface area contributed by atoms with Gasteiger partial charge in [0.15, 0.2) is 0 Å². The van der Waals surface area contributed by atoms with Crippen LogP contribution in [0.25, 0.3) is 32.3 Å². The van der Waals surface area contributed by atoms with E-state index in [1.54, 1.807) is 0 Å². The molecule has 0 saturated carbocycles. The molecule has 0 fully saturated rings. The molecule has 0 aliphatic carbocycles. The van der Waals surface area contributed by atoms with E-state index in [1.807, 2.05) is 0 Å². The average Bonchev–Trinajstić information content (AvgIpc) is 3.67. The predicted octanol–water partition coefficient (Wildman–Crippen LogP) is 6.39. The molecule has 0 nitrogen and oxygen atoms in total. The van der Waals surface area contributed by atoms with Crippen molar-refractivity contribution in [2.75, 3.05) is 0 Å². The summed E-state index contributed by atoms with van der Waals surface area (Å²) in [5.41, 5.74) is 12.8. The van der Waals surface area contributed by atoms with Crippen LogP contribution in [0.3, 0.4) is 0 Å². The zero-order chi connectivity index (χ0) is 30.4. The normalized spacial score (nSPS) is 10.3. The minimum absolute atomic E-state index is 0. The molecule has 240 valence electrons. The van der Waals surface area contributed by atoms with Gasteiger partial charge in [0, 0.05) is 0 Å². The van der Waals surface area contributed by atoms with Gasteiger partial charge in [-0.25, -0.2) is 0 Å². The quantitative estimate of drug-likeness (QED) is 0.175. The zero-order valence-corrected chi connectivity index (χ0v) is 32.9. The fraction of sp³-hybridized carbons (Fsp3) is 0.357. The van der Waals surface area contributed by atoms with E-state index < -0.39 is 0 Å². The zero-order valence-electron chi connectivity index (χ0n) is 28.9. The van der Waals surface area contributed by atoms with Gasteiger partial charge in [0.25, 0.3) is 0 Å². The van der Waals surface area contributed by atoms with Gasteiger partial charge in [-0.1, -0.05) is 116 Å². The van der Waals surface area contributed by atoms with Gasteiger partial charge >= 0.3 is 26.2 Å². The molecule has 0 bridgehead atoms. The second kappa shape index (κ2) is 18.9. The van der Waals surface area contributed by atoms with Crippen molar-refractivity contribution in [3.63, 3.8) is 0 Å². The summed E-state index contributed by atoms with van der Waals surface area (Å²) in [5.74, 6) is 0. The third-order valence-corrected chi connectivity index (χ3v) is 8.58. The van der Waals surface area contributed by atoms with E-state index in [-0.39, 0.29) is 51.0 Å². The van der Waals surface area contributed by atoms with E-state index in [1.165, 1.54) is 121 Å². The van der Waals surface area contributed by atoms with Crippen molar-refractivity contribution in [2.45, 2.75) is 101 Å². The molecule has 0 radical (unpaired) electrons. The molecule has 3 heteroatoms. The van der Waals surface area contributed by atoms with Crippen molar-refractivity contribution in [3.8, 4) is 0 Å². The number of benzene rings is 3. The number of halogens is 2. The first kappa shape index (κ1) is 41.0. The van der Waals surface area contributed by atoms with Gasteiger partial charge in [-0.3, -0.25) is 0 Å². The number of hydrogen-bond donors (Lipinski definition) is 0. The van der Waals surface area contributed by atoms with Crippen LogP contribution >= 0.6 is 0 Å². The van der Waals surface area contributed by atoms with Crippen molar-refractivity contribution >= 4 is 32.3 Å².